The smallest absolute Gasteiger partial charge is 0.267 e. The molecule has 188 valence electrons. The molecule has 7 nitrogen and oxygen atoms in total. The van der Waals surface area contributed by atoms with Crippen LogP contribution in [0.5, 0.6) is 0 Å². The van der Waals surface area contributed by atoms with Gasteiger partial charge in [0.25, 0.3) is 11.5 Å². The van der Waals surface area contributed by atoms with E-state index in [9.17, 15) is 9.59 Å². The quantitative estimate of drug-likeness (QED) is 0.425. The predicted molar refractivity (Wildman–Crippen MR) is 148 cm³/mol. The van der Waals surface area contributed by atoms with Gasteiger partial charge in [-0.2, -0.15) is 0 Å². The highest BCUT2D eigenvalue weighted by Crippen LogP contribution is 2.25. The molecule has 7 heteroatoms. The number of nitrogens with zero attached hydrogens (tertiary/aromatic N) is 5. The van der Waals surface area contributed by atoms with Gasteiger partial charge in [-0.15, -0.1) is 0 Å². The lowest BCUT2D eigenvalue weighted by Crippen LogP contribution is -2.48. The van der Waals surface area contributed by atoms with E-state index in [0.717, 1.165) is 50.3 Å². The molecule has 0 aliphatic carbocycles. The summed E-state index contributed by atoms with van der Waals surface area (Å²) in [6.45, 7) is 6.67. The van der Waals surface area contributed by atoms with Crippen LogP contribution in [0.15, 0.2) is 77.6 Å². The van der Waals surface area contributed by atoms with Crippen LogP contribution in [0.3, 0.4) is 0 Å². The summed E-state index contributed by atoms with van der Waals surface area (Å²) in [6, 6.07) is 23.6. The van der Waals surface area contributed by atoms with Crippen molar-refractivity contribution in [2.45, 2.75) is 19.8 Å². The summed E-state index contributed by atoms with van der Waals surface area (Å²) in [4.78, 5) is 38.6. The molecule has 0 spiro atoms. The van der Waals surface area contributed by atoms with Gasteiger partial charge in [-0.1, -0.05) is 30.3 Å². The highest BCUT2D eigenvalue weighted by molar-refractivity contribution is 5.98. The zero-order chi connectivity index (χ0) is 25.4. The number of piperazine rings is 1. The van der Waals surface area contributed by atoms with Gasteiger partial charge >= 0.3 is 0 Å². The lowest BCUT2D eigenvalue weighted by atomic mass is 10.1. The fraction of sp³-hybridized carbons (Fsp3) is 0.300. The number of carbonyl (C=O) groups is 1. The monoisotopic (exact) mass is 493 g/mol. The largest absolute Gasteiger partial charge is 0.368 e. The molecule has 1 aromatic heterocycles. The number of amides is 1. The molecule has 0 unspecified atom stereocenters. The van der Waals surface area contributed by atoms with Gasteiger partial charge in [-0.25, -0.2) is 9.55 Å². The number of rotatable bonds is 4. The minimum atomic E-state index is -0.104. The summed E-state index contributed by atoms with van der Waals surface area (Å²) in [5.41, 5.74) is 4.14. The minimum absolute atomic E-state index is 0.0120. The van der Waals surface area contributed by atoms with Crippen LogP contribution in [0.1, 0.15) is 28.8 Å². The van der Waals surface area contributed by atoms with Crippen LogP contribution in [0.2, 0.25) is 0 Å². The number of anilines is 2. The van der Waals surface area contributed by atoms with E-state index in [1.54, 1.807) is 22.8 Å². The van der Waals surface area contributed by atoms with Crippen molar-refractivity contribution in [2.75, 3.05) is 49.1 Å². The molecular weight excluding hydrogens is 462 g/mol. The van der Waals surface area contributed by atoms with E-state index < -0.39 is 0 Å². The SMILES string of the molecule is Cc1cccc(-n2c(N3CCCC3)nc3cc(C(=O)N4CCN(c5ccccc5)CC4)ccc3c2=O)c1. The molecule has 0 bridgehead atoms. The summed E-state index contributed by atoms with van der Waals surface area (Å²) in [6.07, 6.45) is 2.16. The van der Waals surface area contributed by atoms with Crippen LogP contribution < -0.4 is 15.4 Å². The second-order valence-electron chi connectivity index (χ2n) is 9.93. The Morgan fingerprint density at radius 2 is 1.49 bits per heavy atom. The summed E-state index contributed by atoms with van der Waals surface area (Å²) < 4.78 is 1.73. The number of benzene rings is 3. The lowest BCUT2D eigenvalue weighted by molar-refractivity contribution is 0.0747. The number of hydrogen-bond donors (Lipinski definition) is 0. The fourth-order valence-corrected chi connectivity index (χ4v) is 5.43. The Morgan fingerprint density at radius 1 is 0.757 bits per heavy atom. The molecule has 3 aromatic carbocycles. The molecule has 4 aromatic rings. The molecule has 1 amide bonds. The average Bonchev–Trinajstić information content (AvgIpc) is 3.48. The predicted octanol–water partition coefficient (Wildman–Crippen LogP) is 4.26. The normalized spacial score (nSPS) is 16.0. The number of hydrogen-bond acceptors (Lipinski definition) is 5. The van der Waals surface area contributed by atoms with Crippen molar-refractivity contribution in [3.05, 3.63) is 94.3 Å². The standard InChI is InChI=1S/C30H31N5O2/c1-22-8-7-11-25(20-22)35-29(37)26-13-12-23(21-27(26)31-30(35)34-14-5-6-15-34)28(36)33-18-16-32(17-19-33)24-9-3-2-4-10-24/h2-4,7-13,20-21H,5-6,14-19H2,1H3. The maximum Gasteiger partial charge on any atom is 0.267 e. The van der Waals surface area contributed by atoms with E-state index in [-0.39, 0.29) is 11.5 Å². The molecule has 3 heterocycles. The minimum Gasteiger partial charge on any atom is -0.368 e. The Balaban J connectivity index is 1.33. The lowest BCUT2D eigenvalue weighted by Gasteiger charge is -2.36. The molecule has 37 heavy (non-hydrogen) atoms. The van der Waals surface area contributed by atoms with Crippen LogP contribution >= 0.6 is 0 Å². The number of carbonyl (C=O) groups excluding carboxylic acids is 1. The maximum absolute atomic E-state index is 13.8. The maximum atomic E-state index is 13.8. The van der Waals surface area contributed by atoms with Crippen molar-refractivity contribution in [2.24, 2.45) is 0 Å². The molecule has 2 fully saturated rings. The van der Waals surface area contributed by atoms with E-state index in [2.05, 4.69) is 21.9 Å². The van der Waals surface area contributed by atoms with Crippen LogP contribution in [0.25, 0.3) is 16.6 Å². The van der Waals surface area contributed by atoms with Crippen molar-refractivity contribution in [1.29, 1.82) is 0 Å². The number of aryl methyl sites for hydroxylation is 1. The molecule has 0 saturated carbocycles. The Hall–Kier alpha value is -4.13. The summed E-state index contributed by atoms with van der Waals surface area (Å²) >= 11 is 0. The van der Waals surface area contributed by atoms with Gasteiger partial charge < -0.3 is 14.7 Å². The number of para-hydroxylation sites is 1. The van der Waals surface area contributed by atoms with Gasteiger partial charge in [0.2, 0.25) is 5.95 Å². The fourth-order valence-electron chi connectivity index (χ4n) is 5.43. The van der Waals surface area contributed by atoms with Crippen LogP contribution in [0, 0.1) is 6.92 Å². The van der Waals surface area contributed by atoms with Gasteiger partial charge in [-0.05, 0) is 67.8 Å². The van der Waals surface area contributed by atoms with Crippen molar-refractivity contribution in [3.8, 4) is 5.69 Å². The van der Waals surface area contributed by atoms with Gasteiger partial charge in [0.1, 0.15) is 0 Å². The molecule has 0 atom stereocenters. The van der Waals surface area contributed by atoms with Crippen molar-refractivity contribution >= 4 is 28.4 Å². The van der Waals surface area contributed by atoms with E-state index in [1.165, 1.54) is 5.69 Å². The van der Waals surface area contributed by atoms with E-state index in [0.29, 0.717) is 35.5 Å². The Morgan fingerprint density at radius 3 is 2.22 bits per heavy atom. The number of aromatic nitrogens is 2. The number of fused-ring (bicyclic) bond motifs is 1. The van der Waals surface area contributed by atoms with Crippen molar-refractivity contribution in [3.63, 3.8) is 0 Å². The van der Waals surface area contributed by atoms with Gasteiger partial charge in [0, 0.05) is 50.5 Å². The molecule has 0 N–H and O–H groups in total. The third kappa shape index (κ3) is 4.46. The zero-order valence-corrected chi connectivity index (χ0v) is 21.1. The van der Waals surface area contributed by atoms with Gasteiger partial charge in [-0.3, -0.25) is 9.59 Å². The van der Waals surface area contributed by atoms with Crippen LogP contribution in [0.4, 0.5) is 11.6 Å². The summed E-state index contributed by atoms with van der Waals surface area (Å²) in [5.74, 6) is 0.642. The first kappa shape index (κ1) is 23.3. The first-order valence-corrected chi connectivity index (χ1v) is 13.1. The van der Waals surface area contributed by atoms with Crippen LogP contribution in [-0.2, 0) is 0 Å². The van der Waals surface area contributed by atoms with Gasteiger partial charge in [0.15, 0.2) is 0 Å². The van der Waals surface area contributed by atoms with Crippen LogP contribution in [-0.4, -0.2) is 59.6 Å². The third-order valence-corrected chi connectivity index (χ3v) is 7.44. The first-order chi connectivity index (χ1) is 18.1. The topological polar surface area (TPSA) is 61.7 Å². The summed E-state index contributed by atoms with van der Waals surface area (Å²) in [7, 11) is 0. The van der Waals surface area contributed by atoms with E-state index >= 15 is 0 Å². The van der Waals surface area contributed by atoms with E-state index in [1.807, 2.05) is 54.3 Å². The molecule has 0 radical (unpaired) electrons. The molecule has 2 aliphatic rings. The highest BCUT2D eigenvalue weighted by atomic mass is 16.2. The molecule has 2 aliphatic heterocycles. The average molecular weight is 494 g/mol. The molecule has 2 saturated heterocycles. The first-order valence-electron chi connectivity index (χ1n) is 13.1. The second kappa shape index (κ2) is 9.73. The zero-order valence-electron chi connectivity index (χ0n) is 21.1. The third-order valence-electron chi connectivity index (χ3n) is 7.44. The highest BCUT2D eigenvalue weighted by Gasteiger charge is 2.25. The Labute approximate surface area is 216 Å². The van der Waals surface area contributed by atoms with Crippen molar-refractivity contribution < 1.29 is 4.79 Å². The van der Waals surface area contributed by atoms with Gasteiger partial charge in [0.05, 0.1) is 16.6 Å². The summed E-state index contributed by atoms with van der Waals surface area (Å²) in [5, 5.41) is 0.523. The Kier molecular flexibility index (Phi) is 6.12. The van der Waals surface area contributed by atoms with E-state index in [4.69, 9.17) is 4.98 Å². The second-order valence-corrected chi connectivity index (χ2v) is 9.93. The molecule has 6 rings (SSSR count). The Bertz CT molecular complexity index is 1500. The van der Waals surface area contributed by atoms with Crippen molar-refractivity contribution in [1.82, 2.24) is 14.5 Å². The molecular formula is C30H31N5O2.